The first-order valence-corrected chi connectivity index (χ1v) is 6.10. The summed E-state index contributed by atoms with van der Waals surface area (Å²) < 4.78 is 1.86. The standard InChI is InChI=1S/C14H14N2O3/c1-15-6-5-9-10-7-8(14(18)19)3-4-11(10)16(2)12(9)13(15)17/h3-4,7H,5-6H2,1-2H3,(H,18,19). The van der Waals surface area contributed by atoms with E-state index in [2.05, 4.69) is 0 Å². The summed E-state index contributed by atoms with van der Waals surface area (Å²) in [4.78, 5) is 25.0. The summed E-state index contributed by atoms with van der Waals surface area (Å²) in [6.45, 7) is 0.669. The van der Waals surface area contributed by atoms with Gasteiger partial charge in [0, 0.05) is 31.5 Å². The van der Waals surface area contributed by atoms with Crippen LogP contribution in [0, 0.1) is 0 Å². The van der Waals surface area contributed by atoms with E-state index in [1.165, 1.54) is 0 Å². The molecule has 5 heteroatoms. The van der Waals surface area contributed by atoms with Crippen molar-refractivity contribution in [2.45, 2.75) is 6.42 Å². The lowest BCUT2D eigenvalue weighted by atomic mass is 10.0. The molecule has 1 aromatic heterocycles. The van der Waals surface area contributed by atoms with Gasteiger partial charge in [0.2, 0.25) is 0 Å². The number of rotatable bonds is 1. The number of aryl methyl sites for hydroxylation is 1. The predicted octanol–water partition coefficient (Wildman–Crippen LogP) is 1.50. The van der Waals surface area contributed by atoms with Crippen molar-refractivity contribution < 1.29 is 14.7 Å². The van der Waals surface area contributed by atoms with E-state index < -0.39 is 5.97 Å². The number of hydrogen-bond donors (Lipinski definition) is 1. The van der Waals surface area contributed by atoms with Crippen LogP contribution in [-0.2, 0) is 13.5 Å². The van der Waals surface area contributed by atoms with Crippen LogP contribution in [-0.4, -0.2) is 40.0 Å². The van der Waals surface area contributed by atoms with Crippen LogP contribution in [0.25, 0.3) is 10.9 Å². The summed E-state index contributed by atoms with van der Waals surface area (Å²) in [6, 6.07) is 5.00. The minimum atomic E-state index is -0.946. The number of aromatic nitrogens is 1. The van der Waals surface area contributed by atoms with Gasteiger partial charge in [0.1, 0.15) is 5.69 Å². The Kier molecular flexibility index (Phi) is 2.38. The van der Waals surface area contributed by atoms with Gasteiger partial charge in [-0.05, 0) is 30.2 Å². The van der Waals surface area contributed by atoms with Gasteiger partial charge < -0.3 is 14.6 Å². The van der Waals surface area contributed by atoms with E-state index in [-0.39, 0.29) is 11.5 Å². The third kappa shape index (κ3) is 1.54. The van der Waals surface area contributed by atoms with Crippen LogP contribution in [0.3, 0.4) is 0 Å². The van der Waals surface area contributed by atoms with Crippen molar-refractivity contribution in [3.8, 4) is 0 Å². The number of carbonyl (C=O) groups excluding carboxylic acids is 1. The molecule has 5 nitrogen and oxygen atoms in total. The molecule has 2 heterocycles. The lowest BCUT2D eigenvalue weighted by Gasteiger charge is -2.23. The third-order valence-corrected chi connectivity index (χ3v) is 3.80. The Bertz CT molecular complexity index is 715. The monoisotopic (exact) mass is 258 g/mol. The molecule has 0 unspecified atom stereocenters. The Balaban J connectivity index is 2.33. The molecule has 1 N–H and O–H groups in total. The van der Waals surface area contributed by atoms with Crippen molar-refractivity contribution in [1.29, 1.82) is 0 Å². The highest BCUT2D eigenvalue weighted by molar-refractivity contribution is 6.04. The van der Waals surface area contributed by atoms with E-state index in [0.29, 0.717) is 12.2 Å². The van der Waals surface area contributed by atoms with Gasteiger partial charge in [0.15, 0.2) is 0 Å². The topological polar surface area (TPSA) is 62.5 Å². The number of aromatic carboxylic acids is 1. The molecule has 0 atom stereocenters. The molecule has 2 aromatic rings. The van der Waals surface area contributed by atoms with Gasteiger partial charge in [-0.25, -0.2) is 4.79 Å². The van der Waals surface area contributed by atoms with Crippen LogP contribution in [0.1, 0.15) is 26.4 Å². The molecule has 1 aliphatic rings. The van der Waals surface area contributed by atoms with E-state index in [1.54, 1.807) is 30.1 Å². The highest BCUT2D eigenvalue weighted by Crippen LogP contribution is 2.30. The molecule has 0 aliphatic carbocycles. The summed E-state index contributed by atoms with van der Waals surface area (Å²) >= 11 is 0. The Hall–Kier alpha value is -2.30. The summed E-state index contributed by atoms with van der Waals surface area (Å²) in [5, 5.41) is 9.94. The Morgan fingerprint density at radius 2 is 2.05 bits per heavy atom. The highest BCUT2D eigenvalue weighted by Gasteiger charge is 2.28. The summed E-state index contributed by atoms with van der Waals surface area (Å²) in [5.41, 5.74) is 2.79. The maximum atomic E-state index is 12.2. The van der Waals surface area contributed by atoms with Crippen molar-refractivity contribution in [2.24, 2.45) is 7.05 Å². The van der Waals surface area contributed by atoms with E-state index in [4.69, 9.17) is 5.11 Å². The number of benzene rings is 1. The minimum Gasteiger partial charge on any atom is -0.478 e. The molecule has 98 valence electrons. The maximum absolute atomic E-state index is 12.2. The molecular weight excluding hydrogens is 244 g/mol. The predicted molar refractivity (Wildman–Crippen MR) is 70.5 cm³/mol. The lowest BCUT2D eigenvalue weighted by molar-refractivity contribution is 0.0696. The van der Waals surface area contributed by atoms with Crippen LogP contribution in [0.4, 0.5) is 0 Å². The van der Waals surface area contributed by atoms with E-state index >= 15 is 0 Å². The van der Waals surface area contributed by atoms with Crippen molar-refractivity contribution in [1.82, 2.24) is 9.47 Å². The number of carboxylic acid groups (broad SMARTS) is 1. The number of fused-ring (bicyclic) bond motifs is 3. The largest absolute Gasteiger partial charge is 0.478 e. The molecule has 1 amide bonds. The molecule has 0 saturated carbocycles. The van der Waals surface area contributed by atoms with E-state index in [9.17, 15) is 9.59 Å². The Morgan fingerprint density at radius 3 is 2.74 bits per heavy atom. The first-order chi connectivity index (χ1) is 9.00. The second-order valence-electron chi connectivity index (χ2n) is 4.90. The molecule has 1 aromatic carbocycles. The summed E-state index contributed by atoms with van der Waals surface area (Å²) in [6.07, 6.45) is 0.762. The van der Waals surface area contributed by atoms with Gasteiger partial charge in [0.05, 0.1) is 5.56 Å². The number of hydrogen-bond acceptors (Lipinski definition) is 2. The summed E-state index contributed by atoms with van der Waals surface area (Å²) in [5.74, 6) is -0.949. The van der Waals surface area contributed by atoms with Crippen molar-refractivity contribution in [3.05, 3.63) is 35.0 Å². The fourth-order valence-corrected chi connectivity index (χ4v) is 2.74. The smallest absolute Gasteiger partial charge is 0.335 e. The minimum absolute atomic E-state index is 0.00294. The van der Waals surface area contributed by atoms with Gasteiger partial charge >= 0.3 is 5.97 Å². The first kappa shape index (κ1) is 11.8. The van der Waals surface area contributed by atoms with Gasteiger partial charge in [-0.2, -0.15) is 0 Å². The number of carboxylic acids is 1. The second kappa shape index (κ2) is 3.85. The van der Waals surface area contributed by atoms with E-state index in [1.807, 2.05) is 11.6 Å². The van der Waals surface area contributed by atoms with Crippen LogP contribution in [0.5, 0.6) is 0 Å². The molecule has 0 saturated heterocycles. The average molecular weight is 258 g/mol. The summed E-state index contributed by atoms with van der Waals surface area (Å²) in [7, 11) is 3.63. The highest BCUT2D eigenvalue weighted by atomic mass is 16.4. The quantitative estimate of drug-likeness (QED) is 0.843. The van der Waals surface area contributed by atoms with Gasteiger partial charge in [0.25, 0.3) is 5.91 Å². The third-order valence-electron chi connectivity index (χ3n) is 3.80. The molecule has 0 bridgehead atoms. The number of carbonyl (C=O) groups is 2. The van der Waals surface area contributed by atoms with E-state index in [0.717, 1.165) is 22.9 Å². The normalized spacial score (nSPS) is 14.8. The number of likely N-dealkylation sites (N-methyl/N-ethyl adjacent to an activating group) is 1. The average Bonchev–Trinajstić information content (AvgIpc) is 2.67. The maximum Gasteiger partial charge on any atom is 0.335 e. The van der Waals surface area contributed by atoms with Gasteiger partial charge in [-0.15, -0.1) is 0 Å². The molecule has 0 fully saturated rings. The van der Waals surface area contributed by atoms with Crippen LogP contribution < -0.4 is 0 Å². The lowest BCUT2D eigenvalue weighted by Crippen LogP contribution is -2.35. The fraction of sp³-hybridized carbons (Fsp3) is 0.286. The Labute approximate surface area is 110 Å². The van der Waals surface area contributed by atoms with Crippen LogP contribution in [0.15, 0.2) is 18.2 Å². The number of amides is 1. The molecular formula is C14H14N2O3. The van der Waals surface area contributed by atoms with Crippen molar-refractivity contribution >= 4 is 22.8 Å². The zero-order chi connectivity index (χ0) is 13.7. The molecule has 0 spiro atoms. The second-order valence-corrected chi connectivity index (χ2v) is 4.90. The van der Waals surface area contributed by atoms with Crippen LogP contribution in [0.2, 0.25) is 0 Å². The fourth-order valence-electron chi connectivity index (χ4n) is 2.74. The van der Waals surface area contributed by atoms with Gasteiger partial charge in [-0.1, -0.05) is 0 Å². The molecule has 3 rings (SSSR count). The van der Waals surface area contributed by atoms with Crippen LogP contribution >= 0.6 is 0 Å². The SMILES string of the molecule is CN1CCc2c(n(C)c3ccc(C(=O)O)cc23)C1=O. The van der Waals surface area contributed by atoms with Crippen molar-refractivity contribution in [2.75, 3.05) is 13.6 Å². The molecule has 19 heavy (non-hydrogen) atoms. The van der Waals surface area contributed by atoms with Crippen molar-refractivity contribution in [3.63, 3.8) is 0 Å². The first-order valence-electron chi connectivity index (χ1n) is 6.10. The molecule has 1 aliphatic heterocycles. The Morgan fingerprint density at radius 1 is 1.32 bits per heavy atom. The zero-order valence-corrected chi connectivity index (χ0v) is 10.8. The van der Waals surface area contributed by atoms with Gasteiger partial charge in [-0.3, -0.25) is 4.79 Å². The zero-order valence-electron chi connectivity index (χ0n) is 10.8. The molecule has 0 radical (unpaired) electrons. The number of nitrogens with zero attached hydrogens (tertiary/aromatic N) is 2.